The highest BCUT2D eigenvalue weighted by Gasteiger charge is 2.73. The lowest BCUT2D eigenvalue weighted by molar-refractivity contribution is -0.359. The van der Waals surface area contributed by atoms with Gasteiger partial charge in [-0.05, 0) is 48.5 Å². The average Bonchev–Trinajstić information content (AvgIpc) is 2.54. The van der Waals surface area contributed by atoms with Gasteiger partial charge in [-0.1, -0.05) is 0 Å². The van der Waals surface area contributed by atoms with E-state index in [-0.39, 0.29) is 17.2 Å². The topological polar surface area (TPSA) is 12.5 Å². The number of hydrogen-bond donors (Lipinski definition) is 0. The Balaban J connectivity index is 2.20. The monoisotopic (exact) mass is 385 g/mol. The van der Waals surface area contributed by atoms with Crippen LogP contribution in [0.4, 0.5) is 40.9 Å². The van der Waals surface area contributed by atoms with E-state index < -0.39 is 23.6 Å². The number of halogens is 8. The van der Waals surface area contributed by atoms with Crippen LogP contribution in [0.15, 0.2) is 48.5 Å². The van der Waals surface area contributed by atoms with Gasteiger partial charge in [0.2, 0.25) is 0 Å². The van der Waals surface area contributed by atoms with Crippen LogP contribution < -0.4 is 9.86 Å². The molecule has 0 fully saturated rings. The molecule has 0 atom stereocenters. The van der Waals surface area contributed by atoms with Gasteiger partial charge in [0.25, 0.3) is 0 Å². The lowest BCUT2D eigenvalue weighted by Gasteiger charge is -2.28. The lowest BCUT2D eigenvalue weighted by atomic mass is 10.0. The van der Waals surface area contributed by atoms with Crippen molar-refractivity contribution >= 4 is 5.69 Å². The number of anilines is 1. The van der Waals surface area contributed by atoms with E-state index in [0.29, 0.717) is 17.3 Å². The Kier molecular flexibility index (Phi) is 5.07. The number of ether oxygens (including phenoxy) is 1. The molecule has 2 nitrogen and oxygen atoms in total. The molecule has 0 saturated heterocycles. The second-order valence-corrected chi connectivity index (χ2v) is 5.24. The number of benzene rings is 2. The first-order valence-electron chi connectivity index (χ1n) is 6.96. The van der Waals surface area contributed by atoms with Gasteiger partial charge in [0.05, 0.1) is 5.69 Å². The van der Waals surface area contributed by atoms with E-state index in [1.165, 1.54) is 24.3 Å². The third kappa shape index (κ3) is 3.68. The van der Waals surface area contributed by atoms with Crippen LogP contribution in [0.3, 0.4) is 0 Å². The first kappa shape index (κ1) is 19.8. The van der Waals surface area contributed by atoms with Crippen molar-refractivity contribution in [2.45, 2.75) is 18.0 Å². The van der Waals surface area contributed by atoms with Crippen LogP contribution in [-0.4, -0.2) is 19.1 Å². The van der Waals surface area contributed by atoms with E-state index >= 15 is 0 Å². The zero-order chi connectivity index (χ0) is 19.8. The fourth-order valence-corrected chi connectivity index (χ4v) is 1.95. The summed E-state index contributed by atoms with van der Waals surface area (Å²) >= 11 is 0. The molecule has 0 spiro atoms. The lowest BCUT2D eigenvalue weighted by Crippen LogP contribution is -2.49. The minimum Gasteiger partial charge on any atom is -0.457 e. The van der Waals surface area contributed by atoms with E-state index in [9.17, 15) is 35.2 Å². The average molecular weight is 385 g/mol. The maximum atomic E-state index is 13.6. The second kappa shape index (κ2) is 6.65. The Morgan fingerprint density at radius 1 is 0.731 bits per heavy atom. The van der Waals surface area contributed by atoms with Crippen molar-refractivity contribution in [2.24, 2.45) is 0 Å². The van der Waals surface area contributed by atoms with Gasteiger partial charge in [0.1, 0.15) is 11.5 Å². The Morgan fingerprint density at radius 3 is 1.54 bits per heavy atom. The Hall–Kier alpha value is -2.52. The largest absolute Gasteiger partial charge is 0.460 e. The smallest absolute Gasteiger partial charge is 0.457 e. The van der Waals surface area contributed by atoms with Crippen LogP contribution in [-0.2, 0) is 5.92 Å². The molecule has 0 unspecified atom stereocenters. The zero-order valence-electron chi connectivity index (χ0n) is 13.0. The van der Waals surface area contributed by atoms with E-state index in [1.807, 2.05) is 0 Å². The van der Waals surface area contributed by atoms with Gasteiger partial charge in [-0.3, -0.25) is 0 Å². The highest BCUT2D eigenvalue weighted by Crippen LogP contribution is 2.51. The number of alkyl halides is 7. The van der Waals surface area contributed by atoms with Crippen LogP contribution in [0, 0.1) is 0 Å². The predicted octanol–water partition coefficient (Wildman–Crippen LogP) is 6.09. The molecule has 142 valence electrons. The quantitative estimate of drug-likeness (QED) is 0.456. The van der Waals surface area contributed by atoms with Gasteiger partial charge in [0.15, 0.2) is 0 Å². The molecule has 0 aliphatic carbocycles. The molecule has 0 amide bonds. The third-order valence-corrected chi connectivity index (χ3v) is 3.40. The summed E-state index contributed by atoms with van der Waals surface area (Å²) < 4.78 is 108. The van der Waals surface area contributed by atoms with Crippen LogP contribution in [0.5, 0.6) is 11.5 Å². The Bertz CT molecular complexity index is 738. The normalized spacial score (nSPS) is 12.8. The van der Waals surface area contributed by atoms with E-state index in [1.54, 1.807) is 0 Å². The molecule has 26 heavy (non-hydrogen) atoms. The summed E-state index contributed by atoms with van der Waals surface area (Å²) in [4.78, 5) is 0. The van der Waals surface area contributed by atoms with Crippen molar-refractivity contribution < 1.29 is 40.0 Å². The maximum Gasteiger partial charge on any atom is 0.460 e. The van der Waals surface area contributed by atoms with Gasteiger partial charge >= 0.3 is 18.0 Å². The van der Waals surface area contributed by atoms with Gasteiger partial charge in [-0.15, -0.1) is 4.48 Å². The summed E-state index contributed by atoms with van der Waals surface area (Å²) in [5.74, 6) is -11.6. The molecular formula is C16H11F8NO. The molecule has 0 radical (unpaired) electrons. The van der Waals surface area contributed by atoms with Crippen molar-refractivity contribution in [2.75, 3.05) is 12.2 Å². The Labute approximate surface area is 142 Å². The first-order valence-corrected chi connectivity index (χ1v) is 6.96. The Morgan fingerprint density at radius 2 is 1.15 bits per heavy atom. The summed E-state index contributed by atoms with van der Waals surface area (Å²) in [5.41, 5.74) is -1.30. The van der Waals surface area contributed by atoms with Crippen molar-refractivity contribution in [3.05, 3.63) is 54.1 Å². The molecule has 0 aromatic heterocycles. The molecule has 0 bridgehead atoms. The molecular weight excluding hydrogens is 374 g/mol. The van der Waals surface area contributed by atoms with Crippen LogP contribution in [0.1, 0.15) is 5.56 Å². The number of nitrogens with zero attached hydrogens (tertiary/aromatic N) is 1. The molecule has 0 aliphatic heterocycles. The van der Waals surface area contributed by atoms with Crippen molar-refractivity contribution in [3.63, 3.8) is 0 Å². The minimum absolute atomic E-state index is 0.0822. The minimum atomic E-state index is -6.41. The fourth-order valence-electron chi connectivity index (χ4n) is 1.95. The molecule has 0 saturated carbocycles. The summed E-state index contributed by atoms with van der Waals surface area (Å²) in [7, 11) is 1.16. The van der Waals surface area contributed by atoms with E-state index in [2.05, 4.69) is 0 Å². The van der Waals surface area contributed by atoms with Gasteiger partial charge in [-0.2, -0.15) is 30.7 Å². The zero-order valence-corrected chi connectivity index (χ0v) is 13.0. The SMILES string of the molecule is CN(F)c1ccc(Oc2ccc(C(F)(F)C(F)(F)C(F)(F)F)cc2)cc1. The second-order valence-electron chi connectivity index (χ2n) is 5.24. The summed E-state index contributed by atoms with van der Waals surface area (Å²) in [6, 6.07) is 7.88. The van der Waals surface area contributed by atoms with Crippen LogP contribution in [0.2, 0.25) is 0 Å². The first-order chi connectivity index (χ1) is 11.9. The van der Waals surface area contributed by atoms with Gasteiger partial charge < -0.3 is 4.74 Å². The third-order valence-electron chi connectivity index (χ3n) is 3.40. The van der Waals surface area contributed by atoms with Crippen molar-refractivity contribution in [1.29, 1.82) is 0 Å². The summed E-state index contributed by atoms with van der Waals surface area (Å²) in [5, 5.41) is 0.335. The standard InChI is InChI=1S/C16H11F8NO/c1-25(24)11-4-8-13(9-5-11)26-12-6-2-10(3-7-12)14(17,18)15(19,20)16(21,22)23/h2-9H,1H3. The molecule has 2 aromatic carbocycles. The molecule has 10 heteroatoms. The fraction of sp³-hybridized carbons (Fsp3) is 0.250. The molecule has 0 aliphatic rings. The molecule has 2 aromatic rings. The molecule has 2 rings (SSSR count). The van der Waals surface area contributed by atoms with Crippen LogP contribution >= 0.6 is 0 Å². The highest BCUT2D eigenvalue weighted by atomic mass is 19.4. The number of hydrogen-bond acceptors (Lipinski definition) is 2. The van der Waals surface area contributed by atoms with E-state index in [0.717, 1.165) is 19.2 Å². The highest BCUT2D eigenvalue weighted by molar-refractivity contribution is 5.47. The van der Waals surface area contributed by atoms with Crippen LogP contribution in [0.25, 0.3) is 0 Å². The summed E-state index contributed by atoms with van der Waals surface area (Å²) in [6.07, 6.45) is -6.41. The molecule has 0 heterocycles. The maximum absolute atomic E-state index is 13.6. The van der Waals surface area contributed by atoms with Gasteiger partial charge in [0, 0.05) is 12.6 Å². The summed E-state index contributed by atoms with van der Waals surface area (Å²) in [6.45, 7) is 0. The van der Waals surface area contributed by atoms with E-state index in [4.69, 9.17) is 4.74 Å². The van der Waals surface area contributed by atoms with Crippen molar-refractivity contribution in [1.82, 2.24) is 0 Å². The van der Waals surface area contributed by atoms with Gasteiger partial charge in [-0.25, -0.2) is 5.12 Å². The molecule has 0 N–H and O–H groups in total. The predicted molar refractivity (Wildman–Crippen MR) is 77.4 cm³/mol. The number of rotatable bonds is 5. The van der Waals surface area contributed by atoms with Crippen molar-refractivity contribution in [3.8, 4) is 11.5 Å².